The van der Waals surface area contributed by atoms with Gasteiger partial charge in [0, 0.05) is 57.0 Å². The first kappa shape index (κ1) is 37.2. The number of hydroxylamine groups is 1. The molecule has 0 spiro atoms. The molecule has 7 rings (SSSR count). The molecular weight excluding hydrogens is 686 g/mol. The van der Waals surface area contributed by atoms with Gasteiger partial charge in [-0.3, -0.25) is 19.4 Å². The number of hydrogen-bond donors (Lipinski definition) is 5. The molecule has 0 aliphatic carbocycles. The van der Waals surface area contributed by atoms with Crippen LogP contribution in [0, 0.1) is 0 Å². The summed E-state index contributed by atoms with van der Waals surface area (Å²) in [5, 5.41) is 21.2. The molecule has 12 heteroatoms. The van der Waals surface area contributed by atoms with Crippen LogP contribution in [-0.2, 0) is 32.2 Å². The molecule has 54 heavy (non-hydrogen) atoms. The molecule has 12 nitrogen and oxygen atoms in total. The summed E-state index contributed by atoms with van der Waals surface area (Å²) in [6, 6.07) is 31.9. The smallest absolute Gasteiger partial charge is 0.326 e. The Morgan fingerprint density at radius 2 is 1.54 bits per heavy atom. The van der Waals surface area contributed by atoms with E-state index in [2.05, 4.69) is 15.2 Å². The summed E-state index contributed by atoms with van der Waals surface area (Å²) in [6.45, 7) is 2.77. The fourth-order valence-electron chi connectivity index (χ4n) is 7.64. The Morgan fingerprint density at radius 3 is 2.30 bits per heavy atom. The van der Waals surface area contributed by atoms with Crippen molar-refractivity contribution in [3.8, 4) is 11.1 Å². The number of fused-ring (bicyclic) bond motifs is 1. The number of ether oxygens (including phenoxy) is 2. The number of amides is 2. The molecule has 2 aliphatic heterocycles. The van der Waals surface area contributed by atoms with Crippen molar-refractivity contribution < 1.29 is 29.4 Å². The van der Waals surface area contributed by atoms with Gasteiger partial charge in [-0.1, -0.05) is 84.9 Å². The molecule has 0 saturated carbocycles. The minimum atomic E-state index is -0.592. The third kappa shape index (κ3) is 8.81. The van der Waals surface area contributed by atoms with Crippen molar-refractivity contribution in [2.75, 3.05) is 19.6 Å². The third-order valence-electron chi connectivity index (χ3n) is 10.5. The molecule has 4 aromatic carbocycles. The Hall–Kier alpha value is -5.11. The van der Waals surface area contributed by atoms with Crippen LogP contribution in [-0.4, -0.2) is 62.3 Å². The normalized spacial score (nSPS) is 19.5. The Bertz CT molecular complexity index is 2090. The van der Waals surface area contributed by atoms with E-state index in [0.29, 0.717) is 19.4 Å². The number of hydrogen-bond acceptors (Lipinski definition) is 8. The van der Waals surface area contributed by atoms with Crippen molar-refractivity contribution >= 4 is 22.8 Å². The van der Waals surface area contributed by atoms with Crippen molar-refractivity contribution in [3.63, 3.8) is 0 Å². The highest BCUT2D eigenvalue weighted by atomic mass is 16.7. The number of aromatic nitrogens is 2. The van der Waals surface area contributed by atoms with Gasteiger partial charge < -0.3 is 29.8 Å². The van der Waals surface area contributed by atoms with Crippen LogP contribution in [0.2, 0.25) is 0 Å². The second-order valence-electron chi connectivity index (χ2n) is 14.1. The molecule has 2 amide bonds. The lowest BCUT2D eigenvalue weighted by molar-refractivity contribution is -0.253. The number of nitrogens with zero attached hydrogens (tertiary/aromatic N) is 2. The van der Waals surface area contributed by atoms with Crippen LogP contribution in [0.3, 0.4) is 0 Å². The molecule has 1 aromatic heterocycles. The van der Waals surface area contributed by atoms with E-state index in [1.54, 1.807) is 5.48 Å². The maximum Gasteiger partial charge on any atom is 0.326 e. The van der Waals surface area contributed by atoms with E-state index >= 15 is 0 Å². The van der Waals surface area contributed by atoms with Crippen molar-refractivity contribution in [1.82, 2.24) is 25.2 Å². The first-order chi connectivity index (χ1) is 26.4. The van der Waals surface area contributed by atoms with Gasteiger partial charge in [-0.25, -0.2) is 10.3 Å². The lowest BCUT2D eigenvalue weighted by Gasteiger charge is -2.40. The number of aromatic amines is 1. The van der Waals surface area contributed by atoms with Gasteiger partial charge in [0.05, 0.1) is 29.8 Å². The van der Waals surface area contributed by atoms with Gasteiger partial charge >= 0.3 is 5.69 Å². The highest BCUT2D eigenvalue weighted by Crippen LogP contribution is 2.39. The number of imidazole rings is 1. The number of piperidine rings is 1. The SMILES string of the molecule is O=C(CCCC(=O)NCc1ccccc1-c1ccc([C@@H]2O[C@H](CN3CCC(n4c(=O)[nH]c5ccccc54)CC3)C[C@H](c3ccc(CO)cc3)O2)cc1)NO. The molecule has 5 aromatic rings. The molecular formula is C42H47N5O7. The topological polar surface area (TPSA) is 158 Å². The maximum atomic E-state index is 12.9. The van der Waals surface area contributed by atoms with Gasteiger partial charge in [-0.2, -0.15) is 0 Å². The van der Waals surface area contributed by atoms with Gasteiger partial charge in [0.2, 0.25) is 11.8 Å². The number of para-hydroxylation sites is 2. The fourth-order valence-corrected chi connectivity index (χ4v) is 7.64. The number of rotatable bonds is 13. The van der Waals surface area contributed by atoms with Crippen molar-refractivity contribution in [2.24, 2.45) is 0 Å². The number of aliphatic hydroxyl groups is 1. The molecule has 5 N–H and O–H groups in total. The predicted molar refractivity (Wildman–Crippen MR) is 203 cm³/mol. The number of carbonyl (C=O) groups excluding carboxylic acids is 2. The number of benzene rings is 4. The third-order valence-corrected chi connectivity index (χ3v) is 10.5. The minimum absolute atomic E-state index is 0.0197. The molecule has 3 heterocycles. The van der Waals surface area contributed by atoms with Crippen molar-refractivity contribution in [2.45, 2.75) is 76.2 Å². The quantitative estimate of drug-likeness (QED) is 0.0766. The molecule has 3 atom stereocenters. The van der Waals surface area contributed by atoms with Gasteiger partial charge in [0.1, 0.15) is 0 Å². The second-order valence-corrected chi connectivity index (χ2v) is 14.1. The molecule has 282 valence electrons. The molecule has 2 fully saturated rings. The van der Waals surface area contributed by atoms with E-state index in [4.69, 9.17) is 14.7 Å². The summed E-state index contributed by atoms with van der Waals surface area (Å²) in [7, 11) is 0. The molecule has 0 radical (unpaired) electrons. The summed E-state index contributed by atoms with van der Waals surface area (Å²) in [6.07, 6.45) is 2.14. The van der Waals surface area contributed by atoms with Crippen LogP contribution in [0.15, 0.2) is 102 Å². The summed E-state index contributed by atoms with van der Waals surface area (Å²) in [5.41, 5.74) is 9.07. The summed E-state index contributed by atoms with van der Waals surface area (Å²) in [4.78, 5) is 42.0. The molecule has 0 bridgehead atoms. The van der Waals surface area contributed by atoms with E-state index < -0.39 is 12.2 Å². The average molecular weight is 734 g/mol. The number of likely N-dealkylation sites (tertiary alicyclic amines) is 1. The maximum absolute atomic E-state index is 12.9. The van der Waals surface area contributed by atoms with Crippen molar-refractivity contribution in [1.29, 1.82) is 0 Å². The number of carbonyl (C=O) groups is 2. The zero-order valence-corrected chi connectivity index (χ0v) is 30.2. The fraction of sp³-hybridized carbons (Fsp3) is 0.357. The molecule has 2 saturated heterocycles. The van der Waals surface area contributed by atoms with Crippen LogP contribution in [0.4, 0.5) is 0 Å². The largest absolute Gasteiger partial charge is 0.392 e. The zero-order chi connectivity index (χ0) is 37.4. The molecule has 2 aliphatic rings. The Morgan fingerprint density at radius 1 is 0.833 bits per heavy atom. The summed E-state index contributed by atoms with van der Waals surface area (Å²) < 4.78 is 15.2. The predicted octanol–water partition coefficient (Wildman–Crippen LogP) is 5.66. The van der Waals surface area contributed by atoms with E-state index in [0.717, 1.165) is 76.9 Å². The van der Waals surface area contributed by atoms with Crippen LogP contribution in [0.5, 0.6) is 0 Å². The Kier molecular flexibility index (Phi) is 12.0. The average Bonchev–Trinajstić information content (AvgIpc) is 3.56. The number of nitrogens with one attached hydrogen (secondary N) is 3. The first-order valence-electron chi connectivity index (χ1n) is 18.7. The number of H-pyrrole nitrogens is 1. The van der Waals surface area contributed by atoms with Crippen LogP contribution < -0.4 is 16.5 Å². The van der Waals surface area contributed by atoms with Gasteiger partial charge in [-0.05, 0) is 59.2 Å². The lowest BCUT2D eigenvalue weighted by atomic mass is 9.97. The standard InChI is InChI=1S/C42H47N5O7/c48-27-28-12-14-30(15-13-28)38-24-34(26-46-22-20-33(21-23-46)47-37-9-4-3-8-36(37)44-42(47)51)53-41(54-38)31-18-16-29(17-19-31)35-7-2-1-6-32(35)25-43-39(49)10-5-11-40(50)45-52/h1-4,6-9,12-19,33-34,38,41,48,52H,5,10-11,20-27H2,(H,43,49)(H,44,51)(H,45,50)/t34-,38+,41+/m0/s1. The summed E-state index contributed by atoms with van der Waals surface area (Å²) in [5.74, 6) is -0.678. The van der Waals surface area contributed by atoms with E-state index in [-0.39, 0.29) is 49.3 Å². The second kappa shape index (κ2) is 17.4. The van der Waals surface area contributed by atoms with Gasteiger partial charge in [0.25, 0.3) is 0 Å². The van der Waals surface area contributed by atoms with Gasteiger partial charge in [0.15, 0.2) is 6.29 Å². The van der Waals surface area contributed by atoms with E-state index in [1.807, 2.05) is 102 Å². The Labute approximate surface area is 313 Å². The summed E-state index contributed by atoms with van der Waals surface area (Å²) >= 11 is 0. The van der Waals surface area contributed by atoms with E-state index in [1.165, 1.54) is 0 Å². The lowest BCUT2D eigenvalue weighted by Crippen LogP contribution is -2.43. The van der Waals surface area contributed by atoms with Crippen LogP contribution in [0.25, 0.3) is 22.2 Å². The number of aliphatic hydroxyl groups excluding tert-OH is 1. The van der Waals surface area contributed by atoms with Gasteiger partial charge in [-0.15, -0.1) is 0 Å². The highest BCUT2D eigenvalue weighted by Gasteiger charge is 2.34. The Balaban J connectivity index is 1.03. The zero-order valence-electron chi connectivity index (χ0n) is 30.2. The first-order valence-corrected chi connectivity index (χ1v) is 18.7. The van der Waals surface area contributed by atoms with Crippen LogP contribution >= 0.6 is 0 Å². The van der Waals surface area contributed by atoms with Crippen molar-refractivity contribution in [3.05, 3.63) is 130 Å². The van der Waals surface area contributed by atoms with E-state index in [9.17, 15) is 19.5 Å². The highest BCUT2D eigenvalue weighted by molar-refractivity contribution is 5.79. The molecule has 0 unspecified atom stereocenters. The monoisotopic (exact) mass is 733 g/mol. The minimum Gasteiger partial charge on any atom is -0.392 e. The van der Waals surface area contributed by atoms with Crippen LogP contribution in [0.1, 0.15) is 79.2 Å².